The molecular weight excluding hydrogens is 384 g/mol. The van der Waals surface area contributed by atoms with Crippen molar-refractivity contribution in [3.05, 3.63) is 35.4 Å². The SMILES string of the molecule is NC(=O)CSc1nnc(-c2[nH]nc3c2CCc2ccccc2-3)n1C1CCCCC1. The summed E-state index contributed by atoms with van der Waals surface area (Å²) in [4.78, 5) is 11.3. The Bertz CT molecular complexity index is 1050. The highest BCUT2D eigenvalue weighted by Crippen LogP contribution is 2.40. The number of thioether (sulfide) groups is 1. The number of aromatic nitrogens is 5. The number of primary amides is 1. The maximum atomic E-state index is 11.3. The highest BCUT2D eigenvalue weighted by Gasteiger charge is 2.29. The van der Waals surface area contributed by atoms with Gasteiger partial charge in [-0.3, -0.25) is 14.5 Å². The Hall–Kier alpha value is -2.61. The van der Waals surface area contributed by atoms with E-state index in [9.17, 15) is 4.79 Å². The molecule has 2 aliphatic rings. The van der Waals surface area contributed by atoms with Crippen molar-refractivity contribution in [1.82, 2.24) is 25.0 Å². The Morgan fingerprint density at radius 2 is 2.00 bits per heavy atom. The summed E-state index contributed by atoms with van der Waals surface area (Å²) in [6, 6.07) is 8.80. The van der Waals surface area contributed by atoms with Gasteiger partial charge in [0.05, 0.1) is 11.4 Å². The third kappa shape index (κ3) is 3.35. The number of aromatic amines is 1. The van der Waals surface area contributed by atoms with E-state index in [0.717, 1.165) is 48.1 Å². The van der Waals surface area contributed by atoms with E-state index in [2.05, 4.69) is 49.2 Å². The van der Waals surface area contributed by atoms with Crippen LogP contribution in [0, 0.1) is 0 Å². The van der Waals surface area contributed by atoms with Crippen molar-refractivity contribution in [2.75, 3.05) is 5.75 Å². The summed E-state index contributed by atoms with van der Waals surface area (Å²) < 4.78 is 2.22. The van der Waals surface area contributed by atoms with Crippen LogP contribution < -0.4 is 5.73 Å². The Kier molecular flexibility index (Phi) is 4.87. The predicted molar refractivity (Wildman–Crippen MR) is 112 cm³/mol. The Morgan fingerprint density at radius 1 is 1.17 bits per heavy atom. The average molecular weight is 409 g/mol. The van der Waals surface area contributed by atoms with Crippen LogP contribution in [0.1, 0.15) is 49.3 Å². The molecule has 0 radical (unpaired) electrons. The van der Waals surface area contributed by atoms with Gasteiger partial charge in [0, 0.05) is 17.2 Å². The summed E-state index contributed by atoms with van der Waals surface area (Å²) in [5.74, 6) is 0.696. The standard InChI is InChI=1S/C21H24N6OS/c22-17(28)12-29-21-26-25-20(27(21)14-7-2-1-3-8-14)19-16-11-10-13-6-4-5-9-15(13)18(16)23-24-19/h4-6,9,14H,1-3,7-8,10-12H2,(H2,22,28)(H,23,24). The number of hydrogen-bond donors (Lipinski definition) is 2. The van der Waals surface area contributed by atoms with Gasteiger partial charge in [0.25, 0.3) is 0 Å². The Labute approximate surface area is 173 Å². The van der Waals surface area contributed by atoms with Crippen LogP contribution in [0.2, 0.25) is 0 Å². The molecule has 7 nitrogen and oxygen atoms in total. The minimum absolute atomic E-state index is 0.208. The molecule has 1 amide bonds. The molecule has 29 heavy (non-hydrogen) atoms. The van der Waals surface area contributed by atoms with E-state index in [1.54, 1.807) is 0 Å². The number of nitrogens with two attached hydrogens (primary N) is 1. The van der Waals surface area contributed by atoms with E-state index in [1.165, 1.54) is 47.7 Å². The summed E-state index contributed by atoms with van der Waals surface area (Å²) in [6.45, 7) is 0. The van der Waals surface area contributed by atoms with Gasteiger partial charge in [-0.05, 0) is 31.2 Å². The van der Waals surface area contributed by atoms with E-state index in [4.69, 9.17) is 5.73 Å². The molecule has 0 bridgehead atoms. The van der Waals surface area contributed by atoms with Crippen LogP contribution in [0.15, 0.2) is 29.4 Å². The Balaban J connectivity index is 1.58. The maximum absolute atomic E-state index is 11.3. The minimum atomic E-state index is -0.342. The smallest absolute Gasteiger partial charge is 0.227 e. The number of nitrogens with one attached hydrogen (secondary N) is 1. The summed E-state index contributed by atoms with van der Waals surface area (Å²) in [5, 5.41) is 17.7. The molecule has 3 N–H and O–H groups in total. The lowest BCUT2D eigenvalue weighted by Crippen LogP contribution is -2.17. The van der Waals surface area contributed by atoms with Gasteiger partial charge in [0.2, 0.25) is 5.91 Å². The molecule has 2 heterocycles. The molecule has 0 unspecified atom stereocenters. The first-order valence-corrected chi connectivity index (χ1v) is 11.2. The minimum Gasteiger partial charge on any atom is -0.369 e. The summed E-state index contributed by atoms with van der Waals surface area (Å²) >= 11 is 1.37. The van der Waals surface area contributed by atoms with Crippen LogP contribution >= 0.6 is 11.8 Å². The van der Waals surface area contributed by atoms with Gasteiger partial charge < -0.3 is 5.73 Å². The second-order valence-corrected chi connectivity index (χ2v) is 8.75. The second-order valence-electron chi connectivity index (χ2n) is 7.81. The highest BCUT2D eigenvalue weighted by atomic mass is 32.2. The number of carbonyl (C=O) groups excluding carboxylic acids is 1. The molecule has 1 fully saturated rings. The largest absolute Gasteiger partial charge is 0.369 e. The molecule has 0 atom stereocenters. The highest BCUT2D eigenvalue weighted by molar-refractivity contribution is 7.99. The fraction of sp³-hybridized carbons (Fsp3) is 0.429. The maximum Gasteiger partial charge on any atom is 0.227 e. The number of benzene rings is 1. The van der Waals surface area contributed by atoms with Crippen LogP contribution in [0.3, 0.4) is 0 Å². The number of H-pyrrole nitrogens is 1. The molecule has 1 saturated carbocycles. The van der Waals surface area contributed by atoms with Crippen molar-refractivity contribution < 1.29 is 4.79 Å². The van der Waals surface area contributed by atoms with Gasteiger partial charge in [0.1, 0.15) is 5.69 Å². The first-order valence-electron chi connectivity index (χ1n) is 10.2. The van der Waals surface area contributed by atoms with Gasteiger partial charge in [-0.25, -0.2) is 0 Å². The van der Waals surface area contributed by atoms with Crippen LogP contribution in [0.5, 0.6) is 0 Å². The fourth-order valence-corrected chi connectivity index (χ4v) is 5.34. The molecular formula is C21H24N6OS. The van der Waals surface area contributed by atoms with Gasteiger partial charge in [-0.2, -0.15) is 5.10 Å². The van der Waals surface area contributed by atoms with Gasteiger partial charge in [0.15, 0.2) is 11.0 Å². The van der Waals surface area contributed by atoms with E-state index >= 15 is 0 Å². The first-order chi connectivity index (χ1) is 14.2. The number of nitrogens with zero attached hydrogens (tertiary/aromatic N) is 4. The molecule has 0 saturated heterocycles. The van der Waals surface area contributed by atoms with Crippen LogP contribution in [-0.4, -0.2) is 36.6 Å². The van der Waals surface area contributed by atoms with Crippen LogP contribution in [-0.2, 0) is 17.6 Å². The van der Waals surface area contributed by atoms with E-state index in [0.29, 0.717) is 6.04 Å². The lowest BCUT2D eigenvalue weighted by molar-refractivity contribution is -0.115. The molecule has 1 aromatic carbocycles. The van der Waals surface area contributed by atoms with Crippen molar-refractivity contribution in [2.24, 2.45) is 5.73 Å². The third-order valence-electron chi connectivity index (χ3n) is 5.96. The number of aryl methyl sites for hydroxylation is 1. The van der Waals surface area contributed by atoms with Crippen molar-refractivity contribution in [1.29, 1.82) is 0 Å². The van der Waals surface area contributed by atoms with Crippen LogP contribution in [0.25, 0.3) is 22.8 Å². The number of fused-ring (bicyclic) bond motifs is 3. The lowest BCUT2D eigenvalue weighted by atomic mass is 9.89. The zero-order valence-corrected chi connectivity index (χ0v) is 17.0. The zero-order valence-electron chi connectivity index (χ0n) is 16.2. The first kappa shape index (κ1) is 18.4. The van der Waals surface area contributed by atoms with Crippen molar-refractivity contribution in [2.45, 2.75) is 56.1 Å². The second kappa shape index (κ2) is 7.67. The molecule has 5 rings (SSSR count). The number of rotatable bonds is 5. The molecule has 3 aromatic rings. The quantitative estimate of drug-likeness (QED) is 0.629. The van der Waals surface area contributed by atoms with Gasteiger partial charge >= 0.3 is 0 Å². The average Bonchev–Trinajstić information content (AvgIpc) is 3.36. The molecule has 8 heteroatoms. The lowest BCUT2D eigenvalue weighted by Gasteiger charge is -2.25. The monoisotopic (exact) mass is 408 g/mol. The van der Waals surface area contributed by atoms with Crippen molar-refractivity contribution >= 4 is 17.7 Å². The number of hydrogen-bond acceptors (Lipinski definition) is 5. The molecule has 0 spiro atoms. The normalized spacial score (nSPS) is 16.4. The molecule has 0 aliphatic heterocycles. The molecule has 2 aromatic heterocycles. The fourth-order valence-electron chi connectivity index (χ4n) is 4.60. The topological polar surface area (TPSA) is 102 Å². The third-order valence-corrected chi connectivity index (χ3v) is 6.92. The summed E-state index contributed by atoms with van der Waals surface area (Å²) in [6.07, 6.45) is 7.82. The predicted octanol–water partition coefficient (Wildman–Crippen LogP) is 3.52. The summed E-state index contributed by atoms with van der Waals surface area (Å²) in [5.41, 5.74) is 11.1. The van der Waals surface area contributed by atoms with Gasteiger partial charge in [-0.15, -0.1) is 10.2 Å². The van der Waals surface area contributed by atoms with Crippen LogP contribution in [0.4, 0.5) is 0 Å². The molecule has 150 valence electrons. The van der Waals surface area contributed by atoms with E-state index < -0.39 is 0 Å². The van der Waals surface area contributed by atoms with Crippen molar-refractivity contribution in [3.8, 4) is 22.8 Å². The van der Waals surface area contributed by atoms with Gasteiger partial charge in [-0.1, -0.05) is 55.3 Å². The Morgan fingerprint density at radius 3 is 2.83 bits per heavy atom. The summed E-state index contributed by atoms with van der Waals surface area (Å²) in [7, 11) is 0. The molecule has 2 aliphatic carbocycles. The van der Waals surface area contributed by atoms with E-state index in [-0.39, 0.29) is 11.7 Å². The van der Waals surface area contributed by atoms with Crippen molar-refractivity contribution in [3.63, 3.8) is 0 Å². The zero-order chi connectivity index (χ0) is 19.8. The van der Waals surface area contributed by atoms with E-state index in [1.807, 2.05) is 0 Å². The number of carbonyl (C=O) groups is 1. The number of amides is 1.